The summed E-state index contributed by atoms with van der Waals surface area (Å²) in [6.45, 7) is 8.99. The van der Waals surface area contributed by atoms with Crippen molar-refractivity contribution in [3.63, 3.8) is 0 Å². The molecule has 0 fully saturated rings. The molecule has 1 amide bonds. The molecule has 0 aromatic carbocycles. The van der Waals surface area contributed by atoms with Gasteiger partial charge in [-0.15, -0.1) is 0 Å². The van der Waals surface area contributed by atoms with Gasteiger partial charge in [0, 0.05) is 27.9 Å². The molecule has 0 spiro atoms. The van der Waals surface area contributed by atoms with Gasteiger partial charge in [-0.2, -0.15) is 0 Å². The van der Waals surface area contributed by atoms with Crippen molar-refractivity contribution in [1.82, 2.24) is 9.88 Å². The van der Waals surface area contributed by atoms with Crippen LogP contribution in [0.15, 0.2) is 12.3 Å². The van der Waals surface area contributed by atoms with E-state index in [1.165, 1.54) is 0 Å². The standard InChI is InChI=1S/C14H19IN2O2/c1-9-7-17(13(18)19-14(2,3)4)8-10-5-11(15)6-16-12(9)10/h5-6,9H,7-8H2,1-4H3. The Morgan fingerprint density at radius 3 is 2.84 bits per heavy atom. The van der Waals surface area contributed by atoms with Crippen molar-refractivity contribution in [3.05, 3.63) is 27.1 Å². The summed E-state index contributed by atoms with van der Waals surface area (Å²) in [5.74, 6) is 0.244. The summed E-state index contributed by atoms with van der Waals surface area (Å²) in [5.41, 5.74) is 1.76. The van der Waals surface area contributed by atoms with Gasteiger partial charge in [0.2, 0.25) is 0 Å². The van der Waals surface area contributed by atoms with Crippen molar-refractivity contribution < 1.29 is 9.53 Å². The fraction of sp³-hybridized carbons (Fsp3) is 0.571. The molecule has 104 valence electrons. The lowest BCUT2D eigenvalue weighted by Gasteiger charge is -2.33. The van der Waals surface area contributed by atoms with Crippen molar-refractivity contribution in [2.75, 3.05) is 6.54 Å². The van der Waals surface area contributed by atoms with E-state index in [0.717, 1.165) is 14.8 Å². The molecule has 1 aromatic heterocycles. The number of carbonyl (C=O) groups excluding carboxylic acids is 1. The minimum atomic E-state index is -0.454. The van der Waals surface area contributed by atoms with E-state index < -0.39 is 5.60 Å². The molecule has 1 aromatic rings. The van der Waals surface area contributed by atoms with Gasteiger partial charge in [-0.3, -0.25) is 4.98 Å². The van der Waals surface area contributed by atoms with E-state index in [-0.39, 0.29) is 12.0 Å². The number of rotatable bonds is 0. The minimum absolute atomic E-state index is 0.244. The molecule has 0 radical (unpaired) electrons. The van der Waals surface area contributed by atoms with E-state index in [2.05, 4.69) is 40.6 Å². The number of aromatic nitrogens is 1. The summed E-state index contributed by atoms with van der Waals surface area (Å²) in [6.07, 6.45) is 1.63. The Morgan fingerprint density at radius 1 is 1.53 bits per heavy atom. The normalized spacial score (nSPS) is 19.0. The molecule has 19 heavy (non-hydrogen) atoms. The van der Waals surface area contributed by atoms with E-state index in [1.807, 2.05) is 27.0 Å². The highest BCUT2D eigenvalue weighted by Crippen LogP contribution is 2.28. The SMILES string of the molecule is CC1CN(C(=O)OC(C)(C)C)Cc2cc(I)cnc21. The monoisotopic (exact) mass is 374 g/mol. The molecule has 5 heteroatoms. The summed E-state index contributed by atoms with van der Waals surface area (Å²) >= 11 is 2.24. The first-order valence-electron chi connectivity index (χ1n) is 6.38. The zero-order chi connectivity index (χ0) is 14.2. The maximum Gasteiger partial charge on any atom is 0.410 e. The topological polar surface area (TPSA) is 42.4 Å². The van der Waals surface area contributed by atoms with Crippen LogP contribution in [0.5, 0.6) is 0 Å². The number of nitrogens with zero attached hydrogens (tertiary/aromatic N) is 2. The molecule has 4 nitrogen and oxygen atoms in total. The second-order valence-electron chi connectivity index (χ2n) is 5.96. The van der Waals surface area contributed by atoms with Gasteiger partial charge in [0.25, 0.3) is 0 Å². The van der Waals surface area contributed by atoms with Crippen molar-refractivity contribution in [2.45, 2.75) is 45.8 Å². The first-order chi connectivity index (χ1) is 8.76. The quantitative estimate of drug-likeness (QED) is 0.653. The fourth-order valence-electron chi connectivity index (χ4n) is 2.21. The Bertz CT molecular complexity index is 497. The Balaban J connectivity index is 2.18. The van der Waals surface area contributed by atoms with Crippen molar-refractivity contribution in [3.8, 4) is 0 Å². The van der Waals surface area contributed by atoms with Gasteiger partial charge in [0.05, 0.1) is 6.54 Å². The molecule has 0 bridgehead atoms. The number of ether oxygens (including phenoxy) is 1. The third-order valence-electron chi connectivity index (χ3n) is 2.94. The molecule has 0 saturated heterocycles. The zero-order valence-corrected chi connectivity index (χ0v) is 13.9. The van der Waals surface area contributed by atoms with Crippen LogP contribution in [-0.4, -0.2) is 28.1 Å². The lowest BCUT2D eigenvalue weighted by molar-refractivity contribution is 0.0207. The zero-order valence-electron chi connectivity index (χ0n) is 11.7. The highest BCUT2D eigenvalue weighted by molar-refractivity contribution is 14.1. The first kappa shape index (κ1) is 14.6. The van der Waals surface area contributed by atoms with Crippen LogP contribution in [0.3, 0.4) is 0 Å². The number of pyridine rings is 1. The van der Waals surface area contributed by atoms with Crippen LogP contribution < -0.4 is 0 Å². The smallest absolute Gasteiger partial charge is 0.410 e. The predicted molar refractivity (Wildman–Crippen MR) is 82.0 cm³/mol. The predicted octanol–water partition coefficient (Wildman–Crippen LogP) is 3.54. The maximum atomic E-state index is 12.1. The Morgan fingerprint density at radius 2 is 2.21 bits per heavy atom. The van der Waals surface area contributed by atoms with Gasteiger partial charge in [-0.05, 0) is 55.0 Å². The Kier molecular flexibility index (Phi) is 4.03. The molecule has 2 rings (SSSR count). The second kappa shape index (κ2) is 5.26. The number of hydrogen-bond donors (Lipinski definition) is 0. The highest BCUT2D eigenvalue weighted by Gasteiger charge is 2.29. The van der Waals surface area contributed by atoms with Gasteiger partial charge in [0.1, 0.15) is 5.60 Å². The maximum absolute atomic E-state index is 12.1. The molecule has 2 heterocycles. The van der Waals surface area contributed by atoms with Gasteiger partial charge in [0.15, 0.2) is 0 Å². The molecule has 0 N–H and O–H groups in total. The van der Waals surface area contributed by atoms with Crippen LogP contribution in [-0.2, 0) is 11.3 Å². The highest BCUT2D eigenvalue weighted by atomic mass is 127. The second-order valence-corrected chi connectivity index (χ2v) is 7.21. The van der Waals surface area contributed by atoms with E-state index in [0.29, 0.717) is 13.1 Å². The lowest BCUT2D eigenvalue weighted by atomic mass is 9.97. The van der Waals surface area contributed by atoms with Crippen LogP contribution in [0.4, 0.5) is 4.79 Å². The molecule has 1 aliphatic rings. The third-order valence-corrected chi connectivity index (χ3v) is 3.53. The van der Waals surface area contributed by atoms with E-state index in [1.54, 1.807) is 4.90 Å². The average molecular weight is 374 g/mol. The lowest BCUT2D eigenvalue weighted by Crippen LogP contribution is -2.41. The van der Waals surface area contributed by atoms with Crippen molar-refractivity contribution >= 4 is 28.7 Å². The number of fused-ring (bicyclic) bond motifs is 1. The number of halogens is 1. The molecular formula is C14H19IN2O2. The van der Waals surface area contributed by atoms with Crippen LogP contribution in [0.25, 0.3) is 0 Å². The summed E-state index contributed by atoms with van der Waals surface area (Å²) in [5, 5.41) is 0. The molecule has 0 aliphatic carbocycles. The first-order valence-corrected chi connectivity index (χ1v) is 7.46. The van der Waals surface area contributed by atoms with Crippen LogP contribution in [0.2, 0.25) is 0 Å². The minimum Gasteiger partial charge on any atom is -0.444 e. The summed E-state index contributed by atoms with van der Waals surface area (Å²) in [4.78, 5) is 18.4. The third kappa shape index (κ3) is 3.58. The van der Waals surface area contributed by atoms with Gasteiger partial charge in [-0.1, -0.05) is 6.92 Å². The van der Waals surface area contributed by atoms with E-state index in [9.17, 15) is 4.79 Å². The Labute approximate surface area is 127 Å². The van der Waals surface area contributed by atoms with Gasteiger partial charge >= 0.3 is 6.09 Å². The largest absolute Gasteiger partial charge is 0.444 e. The van der Waals surface area contributed by atoms with Gasteiger partial charge in [-0.25, -0.2) is 4.79 Å². The summed E-state index contributed by atoms with van der Waals surface area (Å²) in [7, 11) is 0. The fourth-order valence-corrected chi connectivity index (χ4v) is 2.73. The molecule has 1 aliphatic heterocycles. The number of carbonyl (C=O) groups is 1. The number of hydrogen-bond acceptors (Lipinski definition) is 3. The Hall–Kier alpha value is -0.850. The average Bonchev–Trinajstić information content (AvgIpc) is 2.25. The molecule has 1 atom stereocenters. The molecular weight excluding hydrogens is 355 g/mol. The van der Waals surface area contributed by atoms with Gasteiger partial charge < -0.3 is 9.64 Å². The van der Waals surface area contributed by atoms with Crippen LogP contribution in [0, 0.1) is 3.57 Å². The van der Waals surface area contributed by atoms with Crippen LogP contribution in [0.1, 0.15) is 44.9 Å². The summed E-state index contributed by atoms with van der Waals surface area (Å²) in [6, 6.07) is 2.09. The molecule has 1 unspecified atom stereocenters. The van der Waals surface area contributed by atoms with E-state index >= 15 is 0 Å². The molecule has 0 saturated carbocycles. The van der Waals surface area contributed by atoms with Crippen molar-refractivity contribution in [1.29, 1.82) is 0 Å². The van der Waals surface area contributed by atoms with Crippen LogP contribution >= 0.6 is 22.6 Å². The van der Waals surface area contributed by atoms with E-state index in [4.69, 9.17) is 4.74 Å². The number of amides is 1. The summed E-state index contributed by atoms with van der Waals surface area (Å²) < 4.78 is 6.53. The van der Waals surface area contributed by atoms with Crippen molar-refractivity contribution in [2.24, 2.45) is 0 Å².